The van der Waals surface area contributed by atoms with E-state index in [0.29, 0.717) is 28.6 Å². The Balaban J connectivity index is 1.24. The van der Waals surface area contributed by atoms with Crippen molar-refractivity contribution >= 4 is 65.4 Å². The molecule has 0 spiro atoms. The molecule has 0 bridgehead atoms. The van der Waals surface area contributed by atoms with Crippen LogP contribution in [0.5, 0.6) is 0 Å². The molecular weight excluding hydrogens is 821 g/mol. The van der Waals surface area contributed by atoms with Crippen LogP contribution in [0, 0.1) is 22.7 Å². The van der Waals surface area contributed by atoms with Crippen LogP contribution in [-0.2, 0) is 0 Å². The van der Waals surface area contributed by atoms with E-state index in [1.165, 1.54) is 0 Å². The average molecular weight is 855 g/mol. The van der Waals surface area contributed by atoms with Gasteiger partial charge in [-0.1, -0.05) is 109 Å². The maximum Gasteiger partial charge on any atom is 0.164 e. The zero-order chi connectivity index (χ0) is 44.6. The Morgan fingerprint density at radius 2 is 0.567 bits per heavy atom. The van der Waals surface area contributed by atoms with Gasteiger partial charge >= 0.3 is 0 Å². The number of nitriles is 2. The molecule has 0 atom stereocenters. The summed E-state index contributed by atoms with van der Waals surface area (Å²) in [6.07, 6.45) is 0. The van der Waals surface area contributed by atoms with Crippen LogP contribution >= 0.6 is 0 Å². The average Bonchev–Trinajstić information content (AvgIpc) is 4.04. The van der Waals surface area contributed by atoms with Crippen molar-refractivity contribution in [2.75, 3.05) is 0 Å². The molecule has 0 fully saturated rings. The maximum atomic E-state index is 9.69. The molecule has 0 saturated carbocycles. The fraction of sp³-hybridized carbons (Fsp3) is 0. The minimum Gasteiger partial charge on any atom is -0.307 e. The molecule has 8 heteroatoms. The van der Waals surface area contributed by atoms with Crippen LogP contribution in [0.25, 0.3) is 117 Å². The molecule has 8 nitrogen and oxygen atoms in total. The summed E-state index contributed by atoms with van der Waals surface area (Å²) in [6.45, 7) is 0. The lowest BCUT2D eigenvalue weighted by Crippen LogP contribution is -2.10. The minimum absolute atomic E-state index is 0.456. The van der Waals surface area contributed by atoms with Crippen molar-refractivity contribution in [1.29, 1.82) is 10.5 Å². The summed E-state index contributed by atoms with van der Waals surface area (Å²) in [7, 11) is 0. The molecule has 9 aromatic carbocycles. The molecule has 13 aromatic rings. The predicted octanol–water partition coefficient (Wildman–Crippen LogP) is 13.9. The van der Waals surface area contributed by atoms with E-state index in [1.54, 1.807) is 24.3 Å². The Kier molecular flexibility index (Phi) is 8.48. The van der Waals surface area contributed by atoms with E-state index in [4.69, 9.17) is 15.0 Å². The highest BCUT2D eigenvalue weighted by Gasteiger charge is 2.27. The van der Waals surface area contributed by atoms with Crippen LogP contribution in [0.3, 0.4) is 0 Å². The highest BCUT2D eigenvalue weighted by Crippen LogP contribution is 2.44. The first-order chi connectivity index (χ1) is 33.1. The maximum absolute atomic E-state index is 9.69. The van der Waals surface area contributed by atoms with E-state index in [9.17, 15) is 10.5 Å². The van der Waals surface area contributed by atoms with Gasteiger partial charge < -0.3 is 13.7 Å². The molecule has 0 amide bonds. The number of aromatic nitrogens is 6. The van der Waals surface area contributed by atoms with E-state index in [0.717, 1.165) is 99.2 Å². The van der Waals surface area contributed by atoms with Gasteiger partial charge in [0.2, 0.25) is 0 Å². The van der Waals surface area contributed by atoms with E-state index >= 15 is 0 Å². The minimum atomic E-state index is 0.456. The van der Waals surface area contributed by atoms with Gasteiger partial charge in [0.1, 0.15) is 0 Å². The number of hydrogen-bond donors (Lipinski definition) is 0. The quantitative estimate of drug-likeness (QED) is 0.166. The Hall–Kier alpha value is -9.63. The lowest BCUT2D eigenvalue weighted by Gasteiger charge is -2.23. The summed E-state index contributed by atoms with van der Waals surface area (Å²) in [5, 5.41) is 26.2. The first-order valence-corrected chi connectivity index (χ1v) is 22.1. The summed E-state index contributed by atoms with van der Waals surface area (Å²) in [4.78, 5) is 15.6. The van der Waals surface area contributed by atoms with Crippen molar-refractivity contribution < 1.29 is 0 Å². The van der Waals surface area contributed by atoms with Crippen molar-refractivity contribution in [2.45, 2.75) is 0 Å². The second kappa shape index (κ2) is 15.0. The van der Waals surface area contributed by atoms with Crippen LogP contribution in [-0.4, -0.2) is 28.7 Å². The number of benzene rings is 9. The van der Waals surface area contributed by atoms with Gasteiger partial charge in [-0.05, 0) is 97.1 Å². The summed E-state index contributed by atoms with van der Waals surface area (Å²) in [5.41, 5.74) is 12.6. The SMILES string of the molecule is N#Cc1ccc(-c2nc(-c3ccc(C#N)cc3)nc(-c3cc(-n4c5ccccc5c5ccccc54)c(-n4c5ccccc5c5ccccc54)c(-n4c5ccccc5c5ccccc54)c3)n2)cc1. The van der Waals surface area contributed by atoms with E-state index in [2.05, 4.69) is 184 Å². The third-order valence-corrected chi connectivity index (χ3v) is 13.0. The van der Waals surface area contributed by atoms with Crippen molar-refractivity contribution in [2.24, 2.45) is 0 Å². The molecule has 310 valence electrons. The van der Waals surface area contributed by atoms with Gasteiger partial charge in [-0.15, -0.1) is 0 Å². The molecule has 4 aromatic heterocycles. The van der Waals surface area contributed by atoms with Gasteiger partial charge in [0, 0.05) is 49.0 Å². The summed E-state index contributed by atoms with van der Waals surface area (Å²) >= 11 is 0. The Morgan fingerprint density at radius 1 is 0.299 bits per heavy atom. The van der Waals surface area contributed by atoms with Gasteiger partial charge in [0.15, 0.2) is 17.5 Å². The zero-order valence-electron chi connectivity index (χ0n) is 35.7. The van der Waals surface area contributed by atoms with Crippen molar-refractivity contribution in [1.82, 2.24) is 28.7 Å². The van der Waals surface area contributed by atoms with Crippen LogP contribution in [0.15, 0.2) is 206 Å². The highest BCUT2D eigenvalue weighted by atomic mass is 15.1. The van der Waals surface area contributed by atoms with Crippen LogP contribution in [0.1, 0.15) is 11.1 Å². The third kappa shape index (κ3) is 5.88. The second-order valence-corrected chi connectivity index (χ2v) is 16.7. The first kappa shape index (κ1) is 37.9. The standard InChI is InChI=1S/C59H34N8/c60-35-37-25-29-39(30-26-37)57-62-58(40-31-27-38(36-61)28-32-40)64-59(63-57)41-33-54(65-48-19-7-1-13-42(48)43-14-2-8-20-49(43)65)56(67-52-23-11-5-17-46(52)47-18-6-12-24-53(47)67)55(34-41)66-50-21-9-3-15-44(50)45-16-4-10-22-51(45)66/h1-34H. The summed E-state index contributed by atoms with van der Waals surface area (Å²) in [5.74, 6) is 1.38. The fourth-order valence-electron chi connectivity index (χ4n) is 9.98. The molecule has 0 saturated heterocycles. The predicted molar refractivity (Wildman–Crippen MR) is 269 cm³/mol. The first-order valence-electron chi connectivity index (χ1n) is 22.1. The van der Waals surface area contributed by atoms with Gasteiger partial charge in [0.25, 0.3) is 0 Å². The normalized spacial score (nSPS) is 11.6. The lowest BCUT2D eigenvalue weighted by atomic mass is 10.1. The zero-order valence-corrected chi connectivity index (χ0v) is 35.7. The molecule has 13 rings (SSSR count). The van der Waals surface area contributed by atoms with E-state index < -0.39 is 0 Å². The monoisotopic (exact) mass is 854 g/mol. The van der Waals surface area contributed by atoms with Crippen LogP contribution < -0.4 is 0 Å². The highest BCUT2D eigenvalue weighted by molar-refractivity contribution is 6.14. The smallest absolute Gasteiger partial charge is 0.164 e. The lowest BCUT2D eigenvalue weighted by molar-refractivity contribution is 1.04. The van der Waals surface area contributed by atoms with Crippen molar-refractivity contribution in [3.63, 3.8) is 0 Å². The molecule has 0 aliphatic carbocycles. The number of nitrogens with zero attached hydrogens (tertiary/aromatic N) is 8. The fourth-order valence-corrected chi connectivity index (χ4v) is 9.98. The molecule has 0 aliphatic rings. The van der Waals surface area contributed by atoms with Crippen molar-refractivity contribution in [3.05, 3.63) is 217 Å². The Bertz CT molecular complexity index is 3860. The Morgan fingerprint density at radius 3 is 0.866 bits per heavy atom. The number of rotatable bonds is 6. The molecule has 0 radical (unpaired) electrons. The summed E-state index contributed by atoms with van der Waals surface area (Å²) in [6, 6.07) is 75.3. The summed E-state index contributed by atoms with van der Waals surface area (Å²) < 4.78 is 7.23. The number of hydrogen-bond acceptors (Lipinski definition) is 5. The van der Waals surface area contributed by atoms with E-state index in [1.807, 2.05) is 24.3 Å². The topological polar surface area (TPSA) is 101 Å². The van der Waals surface area contributed by atoms with Crippen LogP contribution in [0.4, 0.5) is 0 Å². The number of fused-ring (bicyclic) bond motifs is 9. The second-order valence-electron chi connectivity index (χ2n) is 16.7. The molecular formula is C59H34N8. The molecule has 0 aliphatic heterocycles. The van der Waals surface area contributed by atoms with Gasteiger partial charge in [0.05, 0.1) is 73.4 Å². The molecule has 67 heavy (non-hydrogen) atoms. The molecule has 4 heterocycles. The third-order valence-electron chi connectivity index (χ3n) is 13.0. The Labute approximate surface area is 383 Å². The van der Waals surface area contributed by atoms with Gasteiger partial charge in [-0.25, -0.2) is 15.0 Å². The van der Waals surface area contributed by atoms with Crippen molar-refractivity contribution in [3.8, 4) is 63.4 Å². The van der Waals surface area contributed by atoms with Gasteiger partial charge in [-0.2, -0.15) is 10.5 Å². The molecule has 0 N–H and O–H groups in total. The van der Waals surface area contributed by atoms with Gasteiger partial charge in [-0.3, -0.25) is 0 Å². The largest absolute Gasteiger partial charge is 0.307 e. The van der Waals surface area contributed by atoms with E-state index in [-0.39, 0.29) is 0 Å². The van der Waals surface area contributed by atoms with Crippen LogP contribution in [0.2, 0.25) is 0 Å². The number of para-hydroxylation sites is 6. The molecule has 0 unspecified atom stereocenters.